The Kier molecular flexibility index (Phi) is 5.08. The van der Waals surface area contributed by atoms with Crippen LogP contribution in [0, 0.1) is 13.8 Å². The molecule has 134 valence electrons. The highest BCUT2D eigenvalue weighted by molar-refractivity contribution is 8.00. The zero-order chi connectivity index (χ0) is 18.8. The van der Waals surface area contributed by atoms with Crippen molar-refractivity contribution in [3.05, 3.63) is 52.8 Å². The van der Waals surface area contributed by atoms with Crippen molar-refractivity contribution in [3.63, 3.8) is 0 Å². The third-order valence-corrected chi connectivity index (χ3v) is 5.16. The molecule has 0 spiro atoms. The Morgan fingerprint density at radius 3 is 2.46 bits per heavy atom. The maximum atomic E-state index is 12.8. The lowest BCUT2D eigenvalue weighted by Crippen LogP contribution is -2.15. The number of Topliss-reactive ketones (excluding diaryl/α,β-unsaturated/α-hetero) is 2. The van der Waals surface area contributed by atoms with E-state index in [0.717, 1.165) is 11.3 Å². The number of thioether (sulfide) groups is 1. The lowest BCUT2D eigenvalue weighted by Gasteiger charge is -2.07. The molecule has 0 saturated carbocycles. The minimum absolute atomic E-state index is 0.0444. The Morgan fingerprint density at radius 1 is 1.15 bits per heavy atom. The van der Waals surface area contributed by atoms with Gasteiger partial charge in [-0.05, 0) is 33.3 Å². The summed E-state index contributed by atoms with van der Waals surface area (Å²) in [5.74, 6) is 0.546. The number of nitrogens with zero attached hydrogens (tertiary/aromatic N) is 2. The summed E-state index contributed by atoms with van der Waals surface area (Å²) < 4.78 is 0. The van der Waals surface area contributed by atoms with E-state index in [4.69, 9.17) is 0 Å². The van der Waals surface area contributed by atoms with Crippen molar-refractivity contribution < 1.29 is 9.59 Å². The predicted octanol–water partition coefficient (Wildman–Crippen LogP) is 3.98. The van der Waals surface area contributed by atoms with Crippen molar-refractivity contribution in [2.24, 2.45) is 0 Å². The zero-order valence-electron chi connectivity index (χ0n) is 15.1. The second-order valence-electron chi connectivity index (χ2n) is 6.14. The fourth-order valence-electron chi connectivity index (χ4n) is 2.96. The fourth-order valence-corrected chi connectivity index (χ4v) is 3.75. The summed E-state index contributed by atoms with van der Waals surface area (Å²) >= 11 is 1.29. The first kappa shape index (κ1) is 18.1. The van der Waals surface area contributed by atoms with Crippen molar-refractivity contribution in [2.75, 3.05) is 0 Å². The molecule has 6 nitrogen and oxygen atoms in total. The Balaban J connectivity index is 1.78. The van der Waals surface area contributed by atoms with E-state index in [1.165, 1.54) is 18.7 Å². The van der Waals surface area contributed by atoms with Gasteiger partial charge >= 0.3 is 0 Å². The summed E-state index contributed by atoms with van der Waals surface area (Å²) in [4.78, 5) is 32.1. The Morgan fingerprint density at radius 2 is 1.85 bits per heavy atom. The first-order valence-electron chi connectivity index (χ1n) is 8.27. The van der Waals surface area contributed by atoms with Crippen molar-refractivity contribution in [1.29, 1.82) is 0 Å². The number of aromatic amines is 2. The molecule has 0 radical (unpaired) electrons. The Labute approximate surface area is 155 Å². The molecule has 2 heterocycles. The maximum absolute atomic E-state index is 12.8. The van der Waals surface area contributed by atoms with Crippen LogP contribution in [0.2, 0.25) is 0 Å². The van der Waals surface area contributed by atoms with E-state index in [1.54, 1.807) is 13.8 Å². The van der Waals surface area contributed by atoms with E-state index in [-0.39, 0.29) is 16.8 Å². The monoisotopic (exact) mass is 368 g/mol. The van der Waals surface area contributed by atoms with Gasteiger partial charge in [-0.25, -0.2) is 4.98 Å². The van der Waals surface area contributed by atoms with Crippen molar-refractivity contribution in [3.8, 4) is 11.4 Å². The van der Waals surface area contributed by atoms with E-state index in [9.17, 15) is 9.59 Å². The Bertz CT molecular complexity index is 959. The topological polar surface area (TPSA) is 91.5 Å². The highest BCUT2D eigenvalue weighted by Crippen LogP contribution is 2.27. The molecule has 1 unspecified atom stereocenters. The number of nitrogens with one attached hydrogen (secondary N) is 2. The van der Waals surface area contributed by atoms with Gasteiger partial charge in [0.05, 0.1) is 10.9 Å². The van der Waals surface area contributed by atoms with Crippen LogP contribution in [0.5, 0.6) is 0 Å². The summed E-state index contributed by atoms with van der Waals surface area (Å²) in [7, 11) is 0. The lowest BCUT2D eigenvalue weighted by atomic mass is 10.0. The van der Waals surface area contributed by atoms with E-state index in [2.05, 4.69) is 20.2 Å². The smallest absolute Gasteiger partial charge is 0.209 e. The number of hydrogen-bond acceptors (Lipinski definition) is 5. The molecule has 2 N–H and O–H groups in total. The number of carbonyl (C=O) groups excluding carboxylic acids is 2. The number of hydrogen-bond donors (Lipinski definition) is 2. The fraction of sp³-hybridized carbons (Fsp3) is 0.263. The van der Waals surface area contributed by atoms with Crippen LogP contribution in [0.4, 0.5) is 0 Å². The van der Waals surface area contributed by atoms with Crippen LogP contribution < -0.4 is 0 Å². The predicted molar refractivity (Wildman–Crippen MR) is 102 cm³/mol. The zero-order valence-corrected chi connectivity index (χ0v) is 15.9. The summed E-state index contributed by atoms with van der Waals surface area (Å²) in [5, 5.41) is 7.22. The van der Waals surface area contributed by atoms with E-state index < -0.39 is 0 Å². The van der Waals surface area contributed by atoms with Crippen LogP contribution in [0.3, 0.4) is 0 Å². The molecular formula is C19H20N4O2S. The highest BCUT2D eigenvalue weighted by Gasteiger charge is 2.25. The van der Waals surface area contributed by atoms with E-state index >= 15 is 0 Å². The lowest BCUT2D eigenvalue weighted by molar-refractivity contribution is 0.0988. The molecule has 26 heavy (non-hydrogen) atoms. The molecular weight excluding hydrogens is 348 g/mol. The second kappa shape index (κ2) is 7.29. The van der Waals surface area contributed by atoms with Crippen LogP contribution in [0.1, 0.15) is 46.0 Å². The van der Waals surface area contributed by atoms with Gasteiger partial charge in [0, 0.05) is 16.8 Å². The van der Waals surface area contributed by atoms with Crippen molar-refractivity contribution in [2.45, 2.75) is 38.1 Å². The van der Waals surface area contributed by atoms with Gasteiger partial charge < -0.3 is 4.98 Å². The number of rotatable bonds is 6. The van der Waals surface area contributed by atoms with Crippen molar-refractivity contribution in [1.82, 2.24) is 20.2 Å². The molecule has 0 fully saturated rings. The average molecular weight is 368 g/mol. The van der Waals surface area contributed by atoms with E-state index in [0.29, 0.717) is 27.8 Å². The molecule has 0 aliphatic rings. The Hall–Kier alpha value is -2.67. The van der Waals surface area contributed by atoms with Gasteiger partial charge in [-0.3, -0.25) is 14.7 Å². The third kappa shape index (κ3) is 3.48. The standard InChI is InChI=1S/C19H20N4O2S/c1-10-15(12(3)24)11(2)20-16(10)17(25)13(4)26-19-21-18(22-23-19)14-8-6-5-7-9-14/h5-9,13,20H,1-4H3,(H,21,22,23). The van der Waals surface area contributed by atoms with Crippen LogP contribution in [0.25, 0.3) is 11.4 Å². The third-order valence-electron chi connectivity index (χ3n) is 4.20. The van der Waals surface area contributed by atoms with Gasteiger partial charge in [-0.1, -0.05) is 42.1 Å². The molecule has 1 aromatic carbocycles. The molecule has 1 atom stereocenters. The largest absolute Gasteiger partial charge is 0.355 e. The van der Waals surface area contributed by atoms with Crippen LogP contribution in [-0.4, -0.2) is 37.0 Å². The molecule has 0 aliphatic carbocycles. The van der Waals surface area contributed by atoms with Crippen LogP contribution in [0.15, 0.2) is 35.5 Å². The molecule has 2 aromatic heterocycles. The minimum Gasteiger partial charge on any atom is -0.355 e. The normalized spacial score (nSPS) is 12.2. The van der Waals surface area contributed by atoms with Gasteiger partial charge in [0.2, 0.25) is 5.16 Å². The molecule has 0 aliphatic heterocycles. The SMILES string of the molecule is CC(=O)c1c(C)[nH]c(C(=O)C(C)Sc2n[nH]c(-c3ccccc3)n2)c1C. The highest BCUT2D eigenvalue weighted by atomic mass is 32.2. The molecule has 0 saturated heterocycles. The average Bonchev–Trinajstić information content (AvgIpc) is 3.19. The maximum Gasteiger partial charge on any atom is 0.209 e. The number of H-pyrrole nitrogens is 2. The summed E-state index contributed by atoms with van der Waals surface area (Å²) in [5.41, 5.74) is 3.43. The molecule has 3 rings (SSSR count). The number of benzene rings is 1. The summed E-state index contributed by atoms with van der Waals surface area (Å²) in [6, 6.07) is 9.68. The van der Waals surface area contributed by atoms with Crippen LogP contribution in [-0.2, 0) is 0 Å². The van der Waals surface area contributed by atoms with Gasteiger partial charge in [-0.2, -0.15) is 0 Å². The number of ketones is 2. The molecule has 7 heteroatoms. The summed E-state index contributed by atoms with van der Waals surface area (Å²) in [6.07, 6.45) is 0. The van der Waals surface area contributed by atoms with Gasteiger partial charge in [0.15, 0.2) is 17.4 Å². The summed E-state index contributed by atoms with van der Waals surface area (Å²) in [6.45, 7) is 6.92. The number of carbonyl (C=O) groups is 2. The quantitative estimate of drug-likeness (QED) is 0.507. The molecule has 0 bridgehead atoms. The van der Waals surface area contributed by atoms with Gasteiger partial charge in [0.1, 0.15) is 0 Å². The molecule has 0 amide bonds. The van der Waals surface area contributed by atoms with Gasteiger partial charge in [-0.15, -0.1) is 5.10 Å². The minimum atomic E-state index is -0.383. The second-order valence-corrected chi connectivity index (χ2v) is 7.45. The van der Waals surface area contributed by atoms with E-state index in [1.807, 2.05) is 37.3 Å². The van der Waals surface area contributed by atoms with Crippen LogP contribution >= 0.6 is 11.8 Å². The first-order valence-corrected chi connectivity index (χ1v) is 9.15. The number of aryl methyl sites for hydroxylation is 1. The number of aromatic nitrogens is 4. The van der Waals surface area contributed by atoms with Crippen molar-refractivity contribution >= 4 is 23.3 Å². The first-order chi connectivity index (χ1) is 12.4. The van der Waals surface area contributed by atoms with Gasteiger partial charge in [0.25, 0.3) is 0 Å². The molecule has 3 aromatic rings.